The van der Waals surface area contributed by atoms with Crippen LogP contribution in [0.25, 0.3) is 0 Å². The Hall–Kier alpha value is -3.46. The van der Waals surface area contributed by atoms with Crippen LogP contribution in [0.4, 0.5) is 5.69 Å². The molecule has 0 fully saturated rings. The monoisotopic (exact) mass is 435 g/mol. The van der Waals surface area contributed by atoms with E-state index in [2.05, 4.69) is 15.3 Å². The number of amidine groups is 2. The maximum absolute atomic E-state index is 13.1. The molecule has 2 aromatic carbocycles. The maximum atomic E-state index is 13.1. The molecule has 31 heavy (non-hydrogen) atoms. The normalized spacial score (nSPS) is 16.8. The molecular weight excluding hydrogens is 414 g/mol. The van der Waals surface area contributed by atoms with Crippen LogP contribution in [-0.2, 0) is 20.9 Å². The Labute approximate surface area is 183 Å². The fraction of sp³-hybridized carbons (Fsp3) is 0.227. The van der Waals surface area contributed by atoms with E-state index in [1.807, 2.05) is 54.6 Å². The second-order valence-electron chi connectivity index (χ2n) is 7.11. The molecule has 3 amide bonds. The molecular formula is C22H21N5O3S. The summed E-state index contributed by atoms with van der Waals surface area (Å²) < 4.78 is 0. The lowest BCUT2D eigenvalue weighted by molar-refractivity contribution is -0.125. The predicted octanol–water partition coefficient (Wildman–Crippen LogP) is 1.96. The van der Waals surface area contributed by atoms with Crippen LogP contribution >= 0.6 is 11.8 Å². The van der Waals surface area contributed by atoms with E-state index in [0.29, 0.717) is 23.2 Å². The molecule has 0 radical (unpaired) electrons. The summed E-state index contributed by atoms with van der Waals surface area (Å²) in [5, 5.41) is 3.24. The van der Waals surface area contributed by atoms with Gasteiger partial charge in [0.1, 0.15) is 11.9 Å². The number of nitrogens with two attached hydrogens (primary N) is 1. The number of hydrogen-bond donors (Lipinski definition) is 2. The number of nitrogens with zero attached hydrogens (tertiary/aromatic N) is 3. The van der Waals surface area contributed by atoms with E-state index in [1.165, 1.54) is 4.90 Å². The first-order valence-corrected chi connectivity index (χ1v) is 10.8. The lowest BCUT2D eigenvalue weighted by Crippen LogP contribution is -2.41. The molecule has 158 valence electrons. The van der Waals surface area contributed by atoms with E-state index >= 15 is 0 Å². The summed E-state index contributed by atoms with van der Waals surface area (Å²) in [6.45, 7) is 0.437. The number of hydrogen-bond acceptors (Lipinski definition) is 6. The van der Waals surface area contributed by atoms with E-state index in [1.54, 1.807) is 0 Å². The molecule has 2 heterocycles. The molecule has 0 aliphatic carbocycles. The maximum Gasteiger partial charge on any atom is 0.259 e. The standard InChI is InChI=1S/C22H21N5O3S/c23-18(28)13-31-22-26-16-9-5-4-8-15(16)20-25-17(21(30)27(20)22)10-11-19(29)24-12-14-6-2-1-3-7-14/h1-9,17H,10-13H2,(H2,23,28)(H,24,29)/t17-/m0/s1. The molecule has 0 aromatic heterocycles. The summed E-state index contributed by atoms with van der Waals surface area (Å²) in [7, 11) is 0. The van der Waals surface area contributed by atoms with Gasteiger partial charge in [-0.15, -0.1) is 0 Å². The summed E-state index contributed by atoms with van der Waals surface area (Å²) in [6.07, 6.45) is 0.464. The van der Waals surface area contributed by atoms with Gasteiger partial charge in [-0.1, -0.05) is 54.2 Å². The molecule has 4 rings (SSSR count). The van der Waals surface area contributed by atoms with Gasteiger partial charge < -0.3 is 11.1 Å². The quantitative estimate of drug-likeness (QED) is 0.691. The Bertz CT molecular complexity index is 1080. The minimum Gasteiger partial charge on any atom is -0.369 e. The zero-order valence-corrected chi connectivity index (χ0v) is 17.5. The van der Waals surface area contributed by atoms with Gasteiger partial charge in [0.15, 0.2) is 5.17 Å². The van der Waals surface area contributed by atoms with Gasteiger partial charge in [-0.25, -0.2) is 9.89 Å². The average Bonchev–Trinajstić information content (AvgIpc) is 3.12. The number of carbonyl (C=O) groups excluding carboxylic acids is 3. The zero-order valence-electron chi connectivity index (χ0n) is 16.7. The number of benzene rings is 2. The van der Waals surface area contributed by atoms with Crippen LogP contribution in [0.1, 0.15) is 24.0 Å². The second kappa shape index (κ2) is 9.13. The number of nitrogens with one attached hydrogen (secondary N) is 1. The van der Waals surface area contributed by atoms with Crippen LogP contribution in [0.2, 0.25) is 0 Å². The van der Waals surface area contributed by atoms with Crippen LogP contribution in [0.3, 0.4) is 0 Å². The van der Waals surface area contributed by atoms with Gasteiger partial charge >= 0.3 is 0 Å². The van der Waals surface area contributed by atoms with E-state index in [-0.39, 0.29) is 30.4 Å². The Balaban J connectivity index is 1.45. The van der Waals surface area contributed by atoms with Crippen molar-refractivity contribution in [3.05, 3.63) is 65.7 Å². The highest BCUT2D eigenvalue weighted by Crippen LogP contribution is 2.34. The molecule has 2 aliphatic heterocycles. The van der Waals surface area contributed by atoms with Gasteiger partial charge in [-0.3, -0.25) is 19.4 Å². The first-order valence-electron chi connectivity index (χ1n) is 9.84. The summed E-state index contributed by atoms with van der Waals surface area (Å²) in [5.41, 5.74) is 7.70. The third-order valence-corrected chi connectivity index (χ3v) is 5.83. The lowest BCUT2D eigenvalue weighted by Gasteiger charge is -2.25. The van der Waals surface area contributed by atoms with Gasteiger partial charge in [0.05, 0.1) is 11.4 Å². The Morgan fingerprint density at radius 2 is 1.84 bits per heavy atom. The first-order chi connectivity index (χ1) is 15.0. The lowest BCUT2D eigenvalue weighted by atomic mass is 10.1. The van der Waals surface area contributed by atoms with Crippen molar-refractivity contribution in [1.29, 1.82) is 0 Å². The fourth-order valence-electron chi connectivity index (χ4n) is 3.38. The molecule has 0 unspecified atom stereocenters. The average molecular weight is 436 g/mol. The number of primary amides is 1. The number of rotatable bonds is 7. The Morgan fingerprint density at radius 3 is 2.61 bits per heavy atom. The zero-order chi connectivity index (χ0) is 21.8. The molecule has 1 atom stereocenters. The van der Waals surface area contributed by atoms with E-state index in [9.17, 15) is 14.4 Å². The highest BCUT2D eigenvalue weighted by molar-refractivity contribution is 8.14. The third kappa shape index (κ3) is 4.66. The highest BCUT2D eigenvalue weighted by atomic mass is 32.2. The summed E-state index contributed by atoms with van der Waals surface area (Å²) in [4.78, 5) is 47.1. The van der Waals surface area contributed by atoms with Gasteiger partial charge in [0, 0.05) is 18.5 Å². The number of aliphatic imine (C=N–C) groups is 2. The molecule has 2 aromatic rings. The van der Waals surface area contributed by atoms with Crippen molar-refractivity contribution >= 4 is 46.2 Å². The summed E-state index contributed by atoms with van der Waals surface area (Å²) in [6, 6.07) is 16.3. The topological polar surface area (TPSA) is 117 Å². The van der Waals surface area contributed by atoms with E-state index < -0.39 is 11.9 Å². The van der Waals surface area contributed by atoms with Crippen molar-refractivity contribution in [3.8, 4) is 0 Å². The summed E-state index contributed by atoms with van der Waals surface area (Å²) in [5.74, 6) is -0.388. The first kappa shape index (κ1) is 20.8. The molecule has 0 bridgehead atoms. The van der Waals surface area contributed by atoms with E-state index in [0.717, 1.165) is 22.9 Å². The minimum absolute atomic E-state index is 0.00458. The smallest absolute Gasteiger partial charge is 0.259 e. The SMILES string of the molecule is NC(=O)CSC1=Nc2ccccc2C2=N[C@@H](CCC(=O)NCc3ccccc3)C(=O)N12. The second-order valence-corrected chi connectivity index (χ2v) is 8.05. The van der Waals surface area contributed by atoms with Crippen LogP contribution in [0, 0.1) is 0 Å². The third-order valence-electron chi connectivity index (χ3n) is 4.87. The van der Waals surface area contributed by atoms with Crippen molar-refractivity contribution in [3.63, 3.8) is 0 Å². The number of carbonyl (C=O) groups is 3. The molecule has 0 saturated heterocycles. The molecule has 3 N–H and O–H groups in total. The number of fused-ring (bicyclic) bond motifs is 3. The van der Waals surface area contributed by atoms with Gasteiger partial charge in [-0.2, -0.15) is 0 Å². The van der Waals surface area contributed by atoms with Gasteiger partial charge in [-0.05, 0) is 24.1 Å². The summed E-state index contributed by atoms with van der Waals surface area (Å²) >= 11 is 1.10. The number of thioether (sulfide) groups is 1. The number of para-hydroxylation sites is 1. The molecule has 0 spiro atoms. The van der Waals surface area contributed by atoms with Crippen molar-refractivity contribution in [2.45, 2.75) is 25.4 Å². The molecule has 2 aliphatic rings. The van der Waals surface area contributed by atoms with Crippen LogP contribution in [0.15, 0.2) is 64.6 Å². The van der Waals surface area contributed by atoms with Crippen LogP contribution < -0.4 is 11.1 Å². The molecule has 0 saturated carbocycles. The van der Waals surface area contributed by atoms with Crippen molar-refractivity contribution in [2.75, 3.05) is 5.75 Å². The van der Waals surface area contributed by atoms with Gasteiger partial charge in [0.2, 0.25) is 11.8 Å². The molecule has 9 heteroatoms. The predicted molar refractivity (Wildman–Crippen MR) is 120 cm³/mol. The molecule has 8 nitrogen and oxygen atoms in total. The Morgan fingerprint density at radius 1 is 1.10 bits per heavy atom. The Kier molecular flexibility index (Phi) is 6.13. The van der Waals surface area contributed by atoms with E-state index in [4.69, 9.17) is 5.73 Å². The number of amides is 3. The van der Waals surface area contributed by atoms with Crippen molar-refractivity contribution in [1.82, 2.24) is 10.2 Å². The van der Waals surface area contributed by atoms with Gasteiger partial charge in [0.25, 0.3) is 5.91 Å². The van der Waals surface area contributed by atoms with Crippen LogP contribution in [0.5, 0.6) is 0 Å². The van der Waals surface area contributed by atoms with Crippen molar-refractivity contribution < 1.29 is 14.4 Å². The largest absolute Gasteiger partial charge is 0.369 e. The van der Waals surface area contributed by atoms with Crippen molar-refractivity contribution in [2.24, 2.45) is 15.7 Å². The minimum atomic E-state index is -0.678. The van der Waals surface area contributed by atoms with Crippen LogP contribution in [-0.4, -0.2) is 45.4 Å². The fourth-order valence-corrected chi connectivity index (χ4v) is 4.12. The highest BCUT2D eigenvalue weighted by Gasteiger charge is 2.41.